The molecule has 0 unspecified atom stereocenters. The minimum Gasteiger partial charge on any atom is -0.283 e. The Morgan fingerprint density at radius 3 is 2.76 bits per heavy atom. The van der Waals surface area contributed by atoms with Crippen LogP contribution in [0, 0.1) is 12.7 Å². The predicted molar refractivity (Wildman–Crippen MR) is 120 cm³/mol. The molecule has 4 aromatic rings. The van der Waals surface area contributed by atoms with Gasteiger partial charge >= 0.3 is 0 Å². The predicted octanol–water partition coefficient (Wildman–Crippen LogP) is 6.05. The second-order valence-corrected chi connectivity index (χ2v) is 8.51. The topological polar surface area (TPSA) is 34.9 Å². The van der Waals surface area contributed by atoms with Crippen molar-refractivity contribution >= 4 is 33.3 Å². The summed E-state index contributed by atoms with van der Waals surface area (Å²) in [5.41, 5.74) is 3.86. The summed E-state index contributed by atoms with van der Waals surface area (Å²) in [6.07, 6.45) is 1.69. The molecule has 0 saturated carbocycles. The van der Waals surface area contributed by atoms with E-state index in [-0.39, 0.29) is 11.4 Å². The zero-order valence-electron chi connectivity index (χ0n) is 15.9. The number of aryl methyl sites for hydroxylation is 1. The van der Waals surface area contributed by atoms with Crippen molar-refractivity contribution in [3.05, 3.63) is 93.9 Å². The number of thiophene rings is 1. The third-order valence-electron chi connectivity index (χ3n) is 4.59. The Morgan fingerprint density at radius 1 is 1.24 bits per heavy atom. The monoisotopic (exact) mass is 422 g/mol. The zero-order chi connectivity index (χ0) is 20.4. The summed E-state index contributed by atoms with van der Waals surface area (Å²) in [6, 6.07) is 14.6. The van der Waals surface area contributed by atoms with Gasteiger partial charge in [0.25, 0.3) is 5.56 Å². The average Bonchev–Trinajstić information content (AvgIpc) is 3.14. The number of nitrogens with zero attached hydrogens (tertiary/aromatic N) is 2. The number of hydrogen-bond acceptors (Lipinski definition) is 4. The number of benzene rings is 2. The number of rotatable bonds is 6. The molecule has 0 radical (unpaired) electrons. The molecule has 0 aliphatic carbocycles. The van der Waals surface area contributed by atoms with Crippen LogP contribution in [0.1, 0.15) is 11.1 Å². The Hall–Kier alpha value is -2.70. The Labute approximate surface area is 176 Å². The summed E-state index contributed by atoms with van der Waals surface area (Å²) in [5.74, 6) is 0.263. The van der Waals surface area contributed by atoms with Crippen LogP contribution in [0.5, 0.6) is 0 Å². The van der Waals surface area contributed by atoms with Gasteiger partial charge in [-0.2, -0.15) is 0 Å². The Balaban J connectivity index is 1.77. The van der Waals surface area contributed by atoms with E-state index in [1.807, 2.05) is 42.6 Å². The SMILES string of the molecule is C=CCn1c(SCc2cccc(F)c2)nc2scc(-c3ccc(C)cc3)c2c1=O. The Morgan fingerprint density at radius 2 is 2.03 bits per heavy atom. The van der Waals surface area contributed by atoms with Crippen molar-refractivity contribution in [3.8, 4) is 11.1 Å². The highest BCUT2D eigenvalue weighted by molar-refractivity contribution is 7.98. The van der Waals surface area contributed by atoms with E-state index in [2.05, 4.69) is 6.58 Å². The number of halogens is 1. The van der Waals surface area contributed by atoms with Crippen molar-refractivity contribution in [2.24, 2.45) is 0 Å². The Bertz CT molecular complexity index is 1240. The second-order valence-electron chi connectivity index (χ2n) is 6.71. The standard InChI is InChI=1S/C23H19FN2OS2/c1-3-11-26-22(27)20-19(17-9-7-15(2)8-10-17)14-28-21(20)25-23(26)29-13-16-5-4-6-18(24)12-16/h3-10,12,14H,1,11,13H2,2H3. The van der Waals surface area contributed by atoms with Crippen LogP contribution in [0.2, 0.25) is 0 Å². The zero-order valence-corrected chi connectivity index (χ0v) is 17.5. The van der Waals surface area contributed by atoms with Crippen LogP contribution in [-0.2, 0) is 12.3 Å². The van der Waals surface area contributed by atoms with E-state index in [9.17, 15) is 9.18 Å². The fraction of sp³-hybridized carbons (Fsp3) is 0.130. The maximum atomic E-state index is 13.5. The molecule has 6 heteroatoms. The van der Waals surface area contributed by atoms with Gasteiger partial charge in [-0.25, -0.2) is 9.37 Å². The summed E-state index contributed by atoms with van der Waals surface area (Å²) in [5, 5.41) is 3.24. The molecule has 0 N–H and O–H groups in total. The molecule has 2 heterocycles. The van der Waals surface area contributed by atoms with Crippen molar-refractivity contribution in [2.45, 2.75) is 24.4 Å². The fourth-order valence-electron chi connectivity index (χ4n) is 3.13. The smallest absolute Gasteiger partial charge is 0.263 e. The van der Waals surface area contributed by atoms with Crippen molar-refractivity contribution in [2.75, 3.05) is 0 Å². The van der Waals surface area contributed by atoms with E-state index >= 15 is 0 Å². The van der Waals surface area contributed by atoms with E-state index in [0.717, 1.165) is 16.7 Å². The molecule has 2 aromatic heterocycles. The number of fused-ring (bicyclic) bond motifs is 1. The second kappa shape index (κ2) is 8.35. The normalized spacial score (nSPS) is 11.1. The summed E-state index contributed by atoms with van der Waals surface area (Å²) in [7, 11) is 0. The molecule has 2 aromatic carbocycles. The molecular weight excluding hydrogens is 403 g/mol. The molecule has 29 heavy (non-hydrogen) atoms. The maximum absolute atomic E-state index is 13.5. The summed E-state index contributed by atoms with van der Waals surface area (Å²) in [6.45, 7) is 6.19. The van der Waals surface area contributed by atoms with Crippen LogP contribution in [0.15, 0.2) is 76.5 Å². The number of hydrogen-bond donors (Lipinski definition) is 0. The molecule has 0 saturated heterocycles. The van der Waals surface area contributed by atoms with E-state index in [1.165, 1.54) is 40.8 Å². The molecule has 4 rings (SSSR count). The van der Waals surface area contributed by atoms with E-state index in [1.54, 1.807) is 16.7 Å². The Kier molecular flexibility index (Phi) is 5.65. The molecule has 0 fully saturated rings. The van der Waals surface area contributed by atoms with Gasteiger partial charge in [-0.15, -0.1) is 17.9 Å². The molecule has 0 atom stereocenters. The van der Waals surface area contributed by atoms with Crippen molar-refractivity contribution < 1.29 is 4.39 Å². The van der Waals surface area contributed by atoms with Crippen molar-refractivity contribution in [1.82, 2.24) is 9.55 Å². The molecule has 0 spiro atoms. The first kappa shape index (κ1) is 19.6. The summed E-state index contributed by atoms with van der Waals surface area (Å²) < 4.78 is 15.1. The molecular formula is C23H19FN2OS2. The lowest BCUT2D eigenvalue weighted by Gasteiger charge is -2.11. The quantitative estimate of drug-likeness (QED) is 0.215. The summed E-state index contributed by atoms with van der Waals surface area (Å²) >= 11 is 2.90. The van der Waals surface area contributed by atoms with Gasteiger partial charge in [0, 0.05) is 23.2 Å². The lowest BCUT2D eigenvalue weighted by molar-refractivity contribution is 0.626. The molecule has 0 aliphatic heterocycles. The summed E-state index contributed by atoms with van der Waals surface area (Å²) in [4.78, 5) is 18.8. The van der Waals surface area contributed by atoms with Gasteiger partial charge in [-0.1, -0.05) is 59.8 Å². The van der Waals surface area contributed by atoms with Crippen molar-refractivity contribution in [1.29, 1.82) is 0 Å². The van der Waals surface area contributed by atoms with Crippen LogP contribution in [0.3, 0.4) is 0 Å². The third kappa shape index (κ3) is 4.04. The van der Waals surface area contributed by atoms with Crippen LogP contribution in [0.4, 0.5) is 4.39 Å². The first-order chi connectivity index (χ1) is 14.1. The van der Waals surface area contributed by atoms with Gasteiger partial charge < -0.3 is 0 Å². The van der Waals surface area contributed by atoms with E-state index < -0.39 is 0 Å². The minimum absolute atomic E-state index is 0.0755. The number of allylic oxidation sites excluding steroid dienone is 1. The van der Waals surface area contributed by atoms with Gasteiger partial charge in [0.05, 0.1) is 5.39 Å². The molecule has 0 amide bonds. The van der Waals surface area contributed by atoms with E-state index in [4.69, 9.17) is 4.98 Å². The van der Waals surface area contributed by atoms with Gasteiger partial charge in [0.1, 0.15) is 10.6 Å². The highest BCUT2D eigenvalue weighted by atomic mass is 32.2. The van der Waals surface area contributed by atoms with Gasteiger partial charge in [-0.3, -0.25) is 9.36 Å². The largest absolute Gasteiger partial charge is 0.283 e. The number of thioether (sulfide) groups is 1. The van der Waals surface area contributed by atoms with Crippen LogP contribution < -0.4 is 5.56 Å². The lowest BCUT2D eigenvalue weighted by atomic mass is 10.1. The van der Waals surface area contributed by atoms with Crippen molar-refractivity contribution in [3.63, 3.8) is 0 Å². The maximum Gasteiger partial charge on any atom is 0.263 e. The van der Waals surface area contributed by atoms with Crippen LogP contribution >= 0.6 is 23.1 Å². The van der Waals surface area contributed by atoms with Gasteiger partial charge in [-0.05, 0) is 30.2 Å². The molecule has 3 nitrogen and oxygen atoms in total. The van der Waals surface area contributed by atoms with Crippen LogP contribution in [-0.4, -0.2) is 9.55 Å². The fourth-order valence-corrected chi connectivity index (χ4v) is 5.07. The number of aromatic nitrogens is 2. The first-order valence-corrected chi connectivity index (χ1v) is 11.0. The minimum atomic E-state index is -0.268. The molecule has 0 aliphatic rings. The highest BCUT2D eigenvalue weighted by Gasteiger charge is 2.17. The highest BCUT2D eigenvalue weighted by Crippen LogP contribution is 2.33. The van der Waals surface area contributed by atoms with Gasteiger partial charge in [0.15, 0.2) is 5.16 Å². The van der Waals surface area contributed by atoms with Gasteiger partial charge in [0.2, 0.25) is 0 Å². The van der Waals surface area contributed by atoms with E-state index in [0.29, 0.717) is 27.7 Å². The first-order valence-electron chi connectivity index (χ1n) is 9.14. The molecule has 146 valence electrons. The third-order valence-corrected chi connectivity index (χ3v) is 6.51. The van der Waals surface area contributed by atoms with Crippen LogP contribution in [0.25, 0.3) is 21.3 Å². The lowest BCUT2D eigenvalue weighted by Crippen LogP contribution is -2.22. The molecule has 0 bridgehead atoms. The average molecular weight is 423 g/mol.